The molecule has 2 aliphatic heterocycles. The lowest BCUT2D eigenvalue weighted by Gasteiger charge is -2.35. The van der Waals surface area contributed by atoms with Crippen molar-refractivity contribution in [3.8, 4) is 0 Å². The lowest BCUT2D eigenvalue weighted by atomic mass is 10.0. The number of methoxy groups -OCH3 is 1. The van der Waals surface area contributed by atoms with Crippen molar-refractivity contribution in [1.82, 2.24) is 14.9 Å². The topological polar surface area (TPSA) is 245 Å². The van der Waals surface area contributed by atoms with E-state index >= 15 is 0 Å². The summed E-state index contributed by atoms with van der Waals surface area (Å²) in [7, 11) is 1.18. The first-order valence-corrected chi connectivity index (χ1v) is 10.3. The van der Waals surface area contributed by atoms with Crippen molar-refractivity contribution in [2.24, 2.45) is 5.73 Å². The summed E-state index contributed by atoms with van der Waals surface area (Å²) < 4.78 is 22.5. The van der Waals surface area contributed by atoms with Crippen LogP contribution >= 0.6 is 0 Å². The Kier molecular flexibility index (Phi) is 8.39. The molecular formula is C19H26N4O12. The molecule has 35 heavy (non-hydrogen) atoms. The van der Waals surface area contributed by atoms with Gasteiger partial charge in [0.25, 0.3) is 11.5 Å². The van der Waals surface area contributed by atoms with Crippen molar-refractivity contribution in [1.29, 1.82) is 0 Å². The Morgan fingerprint density at radius 1 is 1.29 bits per heavy atom. The summed E-state index contributed by atoms with van der Waals surface area (Å²) in [6.07, 6.45) is -10.7. The lowest BCUT2D eigenvalue weighted by Crippen LogP contribution is -2.54. The van der Waals surface area contributed by atoms with Crippen LogP contribution in [-0.2, 0) is 28.5 Å². The van der Waals surface area contributed by atoms with Crippen LogP contribution in [0.5, 0.6) is 0 Å². The number of aliphatic hydroxyl groups is 4. The maximum Gasteiger partial charge on any atom is 0.330 e. The van der Waals surface area contributed by atoms with Crippen molar-refractivity contribution in [2.45, 2.75) is 49.1 Å². The minimum absolute atomic E-state index is 0.123. The second kappa shape index (κ2) is 11.1. The third-order valence-electron chi connectivity index (χ3n) is 5.32. The van der Waals surface area contributed by atoms with E-state index in [1.165, 1.54) is 7.11 Å². The second-order valence-corrected chi connectivity index (χ2v) is 7.64. The summed E-state index contributed by atoms with van der Waals surface area (Å²) >= 11 is 0. The molecule has 0 unspecified atom stereocenters. The van der Waals surface area contributed by atoms with Crippen LogP contribution in [0.3, 0.4) is 0 Å². The Balaban J connectivity index is 1.85. The zero-order valence-corrected chi connectivity index (χ0v) is 18.3. The highest BCUT2D eigenvalue weighted by atomic mass is 16.7. The molecule has 2 amide bonds. The Morgan fingerprint density at radius 2 is 2.00 bits per heavy atom. The van der Waals surface area contributed by atoms with E-state index < -0.39 is 78.0 Å². The van der Waals surface area contributed by atoms with E-state index in [0.29, 0.717) is 0 Å². The molecule has 16 nitrogen and oxygen atoms in total. The molecule has 0 aliphatic carbocycles. The van der Waals surface area contributed by atoms with Gasteiger partial charge in [-0.25, -0.2) is 4.79 Å². The number of hydrogen-bond donors (Lipinski definition) is 7. The molecule has 0 aromatic carbocycles. The number of rotatable bonds is 9. The van der Waals surface area contributed by atoms with E-state index in [-0.39, 0.29) is 13.2 Å². The number of nitrogens with zero attached hydrogens (tertiary/aromatic N) is 1. The zero-order valence-electron chi connectivity index (χ0n) is 18.3. The van der Waals surface area contributed by atoms with Crippen LogP contribution in [0.1, 0.15) is 6.23 Å². The fourth-order valence-corrected chi connectivity index (χ4v) is 3.64. The predicted molar refractivity (Wildman–Crippen MR) is 111 cm³/mol. The summed E-state index contributed by atoms with van der Waals surface area (Å²) in [4.78, 5) is 49.9. The molecule has 1 fully saturated rings. The SMILES string of the molecule is CO[C@H]1[C@@H](O)[C@H](n2ccc(=O)[nH]c2=O)O[C@@H]1[C@@H](O[C@H]1OC(C(=O)NCCO)=C[C@H](O)[C@@H]1O)C(N)=O. The molecule has 1 aromatic rings. The quantitative estimate of drug-likeness (QED) is 0.167. The molecule has 2 aliphatic rings. The van der Waals surface area contributed by atoms with Gasteiger partial charge in [-0.3, -0.25) is 23.9 Å². The van der Waals surface area contributed by atoms with E-state index in [0.717, 1.165) is 22.9 Å². The minimum Gasteiger partial charge on any atom is -0.456 e. The zero-order chi connectivity index (χ0) is 25.9. The van der Waals surface area contributed by atoms with Gasteiger partial charge in [0.2, 0.25) is 12.2 Å². The molecule has 8 atom stereocenters. The molecule has 0 radical (unpaired) electrons. The number of nitrogens with one attached hydrogen (secondary N) is 2. The molecule has 0 spiro atoms. The van der Waals surface area contributed by atoms with Gasteiger partial charge in [0.1, 0.15) is 30.5 Å². The molecule has 1 saturated heterocycles. The van der Waals surface area contributed by atoms with Gasteiger partial charge in [0.05, 0.1) is 6.61 Å². The Hall–Kier alpha value is -3.12. The van der Waals surface area contributed by atoms with E-state index in [9.17, 15) is 34.5 Å². The molecule has 3 heterocycles. The van der Waals surface area contributed by atoms with Crippen LogP contribution < -0.4 is 22.3 Å². The highest BCUT2D eigenvalue weighted by Gasteiger charge is 2.52. The summed E-state index contributed by atoms with van der Waals surface area (Å²) in [5.74, 6) is -2.45. The van der Waals surface area contributed by atoms with Gasteiger partial charge >= 0.3 is 5.69 Å². The van der Waals surface area contributed by atoms with Crippen molar-refractivity contribution in [2.75, 3.05) is 20.3 Å². The average Bonchev–Trinajstić information content (AvgIpc) is 3.13. The largest absolute Gasteiger partial charge is 0.456 e. The van der Waals surface area contributed by atoms with Crippen LogP contribution in [-0.4, -0.2) is 105 Å². The standard InChI is InChI=1S/C19H26N4O12/c1-32-12-11(28)17(23-4-2-9(26)22-19(23)31)34-13(12)14(15(20)29)35-18-10(27)7(25)6-8(33-18)16(30)21-3-5-24/h2,4,6-7,10-14,17-18,24-25,27-28H,3,5H2,1H3,(H2,20,29)(H,21,30)(H,22,26,31)/t7-,10-,11+,12-,13-,14+,17+,18+/m0/s1. The van der Waals surface area contributed by atoms with E-state index in [4.69, 9.17) is 29.8 Å². The van der Waals surface area contributed by atoms with Gasteiger partial charge in [-0.1, -0.05) is 0 Å². The fourth-order valence-electron chi connectivity index (χ4n) is 3.64. The minimum atomic E-state index is -1.80. The molecule has 194 valence electrons. The first kappa shape index (κ1) is 26.5. The van der Waals surface area contributed by atoms with Crippen LogP contribution in [0.2, 0.25) is 0 Å². The first-order chi connectivity index (χ1) is 16.6. The number of ether oxygens (including phenoxy) is 4. The van der Waals surface area contributed by atoms with E-state index in [1.807, 2.05) is 4.98 Å². The van der Waals surface area contributed by atoms with Gasteiger partial charge in [0.15, 0.2) is 18.1 Å². The monoisotopic (exact) mass is 502 g/mol. The number of amides is 2. The molecular weight excluding hydrogens is 476 g/mol. The van der Waals surface area contributed by atoms with Gasteiger partial charge in [-0.2, -0.15) is 0 Å². The van der Waals surface area contributed by atoms with Crippen LogP contribution in [0.4, 0.5) is 0 Å². The number of aromatic amines is 1. The van der Waals surface area contributed by atoms with E-state index in [2.05, 4.69) is 5.32 Å². The number of nitrogens with two attached hydrogens (primary N) is 1. The predicted octanol–water partition coefficient (Wildman–Crippen LogP) is -5.25. The lowest BCUT2D eigenvalue weighted by molar-refractivity contribution is -0.241. The van der Waals surface area contributed by atoms with Crippen LogP contribution in [0.25, 0.3) is 0 Å². The molecule has 0 saturated carbocycles. The number of carbonyl (C=O) groups is 2. The molecule has 1 aromatic heterocycles. The second-order valence-electron chi connectivity index (χ2n) is 7.64. The van der Waals surface area contributed by atoms with Gasteiger partial charge in [-0.15, -0.1) is 0 Å². The number of hydrogen-bond acceptors (Lipinski definition) is 12. The first-order valence-electron chi connectivity index (χ1n) is 10.3. The third-order valence-corrected chi connectivity index (χ3v) is 5.32. The number of H-pyrrole nitrogens is 1. The number of carbonyl (C=O) groups excluding carboxylic acids is 2. The van der Waals surface area contributed by atoms with Gasteiger partial charge < -0.3 is 50.4 Å². The maximum absolute atomic E-state index is 12.3. The molecule has 3 rings (SSSR count). The molecule has 0 bridgehead atoms. The Labute approximate surface area is 196 Å². The van der Waals surface area contributed by atoms with Crippen molar-refractivity contribution in [3.63, 3.8) is 0 Å². The van der Waals surface area contributed by atoms with Crippen molar-refractivity contribution >= 4 is 11.8 Å². The van der Waals surface area contributed by atoms with E-state index in [1.54, 1.807) is 0 Å². The molecule has 16 heteroatoms. The smallest absolute Gasteiger partial charge is 0.330 e. The molecule has 8 N–H and O–H groups in total. The van der Waals surface area contributed by atoms with Gasteiger partial charge in [-0.05, 0) is 6.08 Å². The third kappa shape index (κ3) is 5.59. The van der Waals surface area contributed by atoms with Crippen molar-refractivity contribution in [3.05, 3.63) is 44.9 Å². The highest BCUT2D eigenvalue weighted by molar-refractivity contribution is 5.91. The van der Waals surface area contributed by atoms with Crippen molar-refractivity contribution < 1.29 is 49.0 Å². The summed E-state index contributed by atoms with van der Waals surface area (Å²) in [5.41, 5.74) is 3.85. The number of primary amides is 1. The highest BCUT2D eigenvalue weighted by Crippen LogP contribution is 2.34. The summed E-state index contributed by atoms with van der Waals surface area (Å²) in [5, 5.41) is 42.2. The van der Waals surface area contributed by atoms with Gasteiger partial charge in [0, 0.05) is 25.9 Å². The number of aromatic nitrogens is 2. The summed E-state index contributed by atoms with van der Waals surface area (Å²) in [6.45, 7) is -0.490. The normalized spacial score (nSPS) is 31.3. The Morgan fingerprint density at radius 3 is 2.60 bits per heavy atom. The maximum atomic E-state index is 12.3. The summed E-state index contributed by atoms with van der Waals surface area (Å²) in [6, 6.07) is 1.01. The van der Waals surface area contributed by atoms with Crippen LogP contribution in [0.15, 0.2) is 33.7 Å². The fraction of sp³-hybridized carbons (Fsp3) is 0.579. The number of aliphatic hydroxyl groups excluding tert-OH is 4. The van der Waals surface area contributed by atoms with Crippen LogP contribution in [0, 0.1) is 0 Å². The Bertz CT molecular complexity index is 1070. The average molecular weight is 502 g/mol.